The normalized spacial score (nSPS) is 24.5. The van der Waals surface area contributed by atoms with Crippen molar-refractivity contribution in [3.8, 4) is 0 Å². The summed E-state index contributed by atoms with van der Waals surface area (Å²) in [5.74, 6) is -0.268. The monoisotopic (exact) mass is 234 g/mol. The second-order valence-electron chi connectivity index (χ2n) is 4.82. The van der Waals surface area contributed by atoms with Gasteiger partial charge in [0.05, 0.1) is 12.5 Å². The van der Waals surface area contributed by atoms with Crippen LogP contribution in [0.4, 0.5) is 0 Å². The first-order valence-corrected chi connectivity index (χ1v) is 6.14. The average molecular weight is 234 g/mol. The highest BCUT2D eigenvalue weighted by Gasteiger charge is 2.20. The van der Waals surface area contributed by atoms with Gasteiger partial charge in [0.15, 0.2) is 0 Å². The number of rotatable bonds is 3. The van der Waals surface area contributed by atoms with Crippen molar-refractivity contribution in [2.45, 2.75) is 44.1 Å². The summed E-state index contributed by atoms with van der Waals surface area (Å²) >= 11 is 0. The molecule has 0 aliphatic heterocycles. The van der Waals surface area contributed by atoms with E-state index in [-0.39, 0.29) is 12.5 Å². The summed E-state index contributed by atoms with van der Waals surface area (Å²) in [7, 11) is 0. The van der Waals surface area contributed by atoms with Crippen LogP contribution in [0.3, 0.4) is 0 Å². The second-order valence-corrected chi connectivity index (χ2v) is 4.82. The Morgan fingerprint density at radius 3 is 2.24 bits per heavy atom. The van der Waals surface area contributed by atoms with Gasteiger partial charge in [-0.05, 0) is 42.7 Å². The summed E-state index contributed by atoms with van der Waals surface area (Å²) in [5, 5.41) is 18.1. The highest BCUT2D eigenvalue weighted by atomic mass is 16.4. The summed E-state index contributed by atoms with van der Waals surface area (Å²) < 4.78 is 0. The van der Waals surface area contributed by atoms with Crippen LogP contribution in [-0.2, 0) is 11.2 Å². The minimum atomic E-state index is -0.793. The minimum Gasteiger partial charge on any atom is -0.481 e. The van der Waals surface area contributed by atoms with Crippen LogP contribution in [0.15, 0.2) is 24.3 Å². The smallest absolute Gasteiger partial charge is 0.307 e. The lowest BCUT2D eigenvalue weighted by molar-refractivity contribution is -0.136. The first-order chi connectivity index (χ1) is 8.15. The molecule has 0 radical (unpaired) electrons. The van der Waals surface area contributed by atoms with E-state index >= 15 is 0 Å². The maximum Gasteiger partial charge on any atom is 0.307 e. The van der Waals surface area contributed by atoms with E-state index < -0.39 is 5.97 Å². The number of aliphatic carboxylic acids is 1. The van der Waals surface area contributed by atoms with E-state index in [1.54, 1.807) is 0 Å². The molecule has 17 heavy (non-hydrogen) atoms. The average Bonchev–Trinajstić information content (AvgIpc) is 2.30. The first kappa shape index (κ1) is 12.1. The molecule has 1 fully saturated rings. The SMILES string of the molecule is O=C(O)Cc1ccc(C2CCC(O)CC2)cc1. The van der Waals surface area contributed by atoms with Crippen molar-refractivity contribution in [3.05, 3.63) is 35.4 Å². The number of hydrogen-bond donors (Lipinski definition) is 2. The lowest BCUT2D eigenvalue weighted by Crippen LogP contribution is -2.16. The Bertz CT molecular complexity index is 375. The van der Waals surface area contributed by atoms with Crippen molar-refractivity contribution in [1.29, 1.82) is 0 Å². The lowest BCUT2D eigenvalue weighted by Gasteiger charge is -2.25. The van der Waals surface area contributed by atoms with Crippen molar-refractivity contribution < 1.29 is 15.0 Å². The van der Waals surface area contributed by atoms with Gasteiger partial charge >= 0.3 is 5.97 Å². The van der Waals surface area contributed by atoms with Gasteiger partial charge in [0.1, 0.15) is 0 Å². The van der Waals surface area contributed by atoms with Crippen LogP contribution in [0.25, 0.3) is 0 Å². The highest BCUT2D eigenvalue weighted by Crippen LogP contribution is 2.32. The third-order valence-electron chi connectivity index (χ3n) is 3.50. The van der Waals surface area contributed by atoms with Crippen LogP contribution >= 0.6 is 0 Å². The van der Waals surface area contributed by atoms with Crippen LogP contribution in [0.2, 0.25) is 0 Å². The van der Waals surface area contributed by atoms with Gasteiger partial charge in [0.25, 0.3) is 0 Å². The molecule has 3 nitrogen and oxygen atoms in total. The Labute approximate surface area is 101 Å². The molecule has 2 rings (SSSR count). The van der Waals surface area contributed by atoms with E-state index in [0.717, 1.165) is 31.2 Å². The Kier molecular flexibility index (Phi) is 3.79. The van der Waals surface area contributed by atoms with E-state index in [2.05, 4.69) is 0 Å². The molecule has 1 saturated carbocycles. The zero-order valence-corrected chi connectivity index (χ0v) is 9.80. The molecule has 3 heteroatoms. The number of hydrogen-bond acceptors (Lipinski definition) is 2. The summed E-state index contributed by atoms with van der Waals surface area (Å²) in [6.45, 7) is 0. The van der Waals surface area contributed by atoms with Gasteiger partial charge in [0, 0.05) is 0 Å². The first-order valence-electron chi connectivity index (χ1n) is 6.14. The summed E-state index contributed by atoms with van der Waals surface area (Å²) in [5.41, 5.74) is 2.11. The molecular formula is C14H18O3. The quantitative estimate of drug-likeness (QED) is 0.844. The highest BCUT2D eigenvalue weighted by molar-refractivity contribution is 5.70. The number of carboxylic acid groups (broad SMARTS) is 1. The third-order valence-corrected chi connectivity index (χ3v) is 3.50. The molecule has 0 amide bonds. The molecule has 0 heterocycles. The van der Waals surface area contributed by atoms with Gasteiger partial charge in [-0.25, -0.2) is 0 Å². The molecule has 92 valence electrons. The molecule has 1 aliphatic carbocycles. The number of carboxylic acids is 1. The minimum absolute atomic E-state index is 0.0870. The van der Waals surface area contributed by atoms with Crippen molar-refractivity contribution in [1.82, 2.24) is 0 Å². The molecular weight excluding hydrogens is 216 g/mol. The van der Waals surface area contributed by atoms with Crippen LogP contribution in [0, 0.1) is 0 Å². The maximum absolute atomic E-state index is 10.6. The predicted molar refractivity (Wildman–Crippen MR) is 65.0 cm³/mol. The zero-order valence-electron chi connectivity index (χ0n) is 9.80. The van der Waals surface area contributed by atoms with Crippen LogP contribution < -0.4 is 0 Å². The van der Waals surface area contributed by atoms with E-state index in [4.69, 9.17) is 5.11 Å². The van der Waals surface area contributed by atoms with Crippen LogP contribution in [-0.4, -0.2) is 22.3 Å². The van der Waals surface area contributed by atoms with E-state index in [1.165, 1.54) is 5.56 Å². The van der Waals surface area contributed by atoms with Crippen molar-refractivity contribution in [2.75, 3.05) is 0 Å². The summed E-state index contributed by atoms with van der Waals surface area (Å²) in [6, 6.07) is 7.85. The fraction of sp³-hybridized carbons (Fsp3) is 0.500. The molecule has 0 unspecified atom stereocenters. The van der Waals surface area contributed by atoms with Crippen LogP contribution in [0.1, 0.15) is 42.7 Å². The van der Waals surface area contributed by atoms with E-state index in [0.29, 0.717) is 5.92 Å². The molecule has 1 aliphatic rings. The summed E-state index contributed by atoms with van der Waals surface area (Å²) in [6.07, 6.45) is 3.77. The molecule has 1 aromatic carbocycles. The topological polar surface area (TPSA) is 57.5 Å². The van der Waals surface area contributed by atoms with Gasteiger partial charge in [0.2, 0.25) is 0 Å². The third kappa shape index (κ3) is 3.30. The Morgan fingerprint density at radius 1 is 1.12 bits per heavy atom. The fourth-order valence-corrected chi connectivity index (χ4v) is 2.49. The second kappa shape index (κ2) is 5.32. The van der Waals surface area contributed by atoms with Gasteiger partial charge in [-0.3, -0.25) is 4.79 Å². The molecule has 0 aromatic heterocycles. The maximum atomic E-state index is 10.6. The molecule has 0 bridgehead atoms. The fourth-order valence-electron chi connectivity index (χ4n) is 2.49. The van der Waals surface area contributed by atoms with Gasteiger partial charge in [-0.2, -0.15) is 0 Å². The molecule has 0 saturated heterocycles. The van der Waals surface area contributed by atoms with E-state index in [9.17, 15) is 9.90 Å². The van der Waals surface area contributed by atoms with Crippen molar-refractivity contribution >= 4 is 5.97 Å². The summed E-state index contributed by atoms with van der Waals surface area (Å²) in [4.78, 5) is 10.6. The Morgan fingerprint density at radius 2 is 1.71 bits per heavy atom. The standard InChI is InChI=1S/C14H18O3/c15-13-7-5-12(6-8-13)11-3-1-10(2-4-11)9-14(16)17/h1-4,12-13,15H,5-9H2,(H,16,17). The predicted octanol–water partition coefficient (Wildman–Crippen LogP) is 2.33. The van der Waals surface area contributed by atoms with Gasteiger partial charge < -0.3 is 10.2 Å². The number of benzene rings is 1. The Hall–Kier alpha value is -1.35. The number of aliphatic hydroxyl groups excluding tert-OH is 1. The lowest BCUT2D eigenvalue weighted by atomic mass is 9.82. The number of aliphatic hydroxyl groups is 1. The molecule has 0 atom stereocenters. The van der Waals surface area contributed by atoms with Crippen LogP contribution in [0.5, 0.6) is 0 Å². The number of carbonyl (C=O) groups is 1. The zero-order chi connectivity index (χ0) is 12.3. The molecule has 1 aromatic rings. The molecule has 2 N–H and O–H groups in total. The van der Waals surface area contributed by atoms with Gasteiger partial charge in [-0.1, -0.05) is 24.3 Å². The van der Waals surface area contributed by atoms with Gasteiger partial charge in [-0.15, -0.1) is 0 Å². The van der Waals surface area contributed by atoms with E-state index in [1.807, 2.05) is 24.3 Å². The molecule has 0 spiro atoms. The van der Waals surface area contributed by atoms with Crippen molar-refractivity contribution in [2.24, 2.45) is 0 Å². The van der Waals surface area contributed by atoms with Crippen molar-refractivity contribution in [3.63, 3.8) is 0 Å². The largest absolute Gasteiger partial charge is 0.481 e. The Balaban J connectivity index is 2.00.